The summed E-state index contributed by atoms with van der Waals surface area (Å²) in [6.07, 6.45) is 2.50. The van der Waals surface area contributed by atoms with Gasteiger partial charge in [0.15, 0.2) is 0 Å². The first-order chi connectivity index (χ1) is 7.62. The zero-order valence-corrected chi connectivity index (χ0v) is 10.7. The molecule has 0 aliphatic heterocycles. The van der Waals surface area contributed by atoms with Crippen molar-refractivity contribution in [2.75, 3.05) is 13.1 Å². The van der Waals surface area contributed by atoms with Gasteiger partial charge in [-0.25, -0.2) is 0 Å². The summed E-state index contributed by atoms with van der Waals surface area (Å²) in [5.41, 5.74) is 3.54. The minimum atomic E-state index is 0.434. The van der Waals surface area contributed by atoms with Gasteiger partial charge in [0.25, 0.3) is 0 Å². The molecule has 0 heterocycles. The Morgan fingerprint density at radius 1 is 1.31 bits per heavy atom. The Morgan fingerprint density at radius 3 is 2.75 bits per heavy atom. The summed E-state index contributed by atoms with van der Waals surface area (Å²) in [4.78, 5) is 0. The Labute approximate surface area is 99.3 Å². The lowest BCUT2D eigenvalue weighted by Gasteiger charge is -2.32. The van der Waals surface area contributed by atoms with Crippen LogP contribution < -0.4 is 5.32 Å². The number of rotatable bonds is 5. The molecule has 88 valence electrons. The van der Waals surface area contributed by atoms with E-state index in [2.05, 4.69) is 50.4 Å². The van der Waals surface area contributed by atoms with E-state index in [1.165, 1.54) is 12.8 Å². The molecule has 1 N–H and O–H groups in total. The molecule has 1 aliphatic carbocycles. The second kappa shape index (κ2) is 4.58. The van der Waals surface area contributed by atoms with Crippen LogP contribution in [0.25, 0.3) is 0 Å². The Bertz CT molecular complexity index is 354. The standard InChI is InChI=1S/C15H23N/c1-4-15(2,3)11-16-10-13-9-12-7-5-6-8-14(12)13/h5-8,13,16H,4,9-11H2,1-3H3. The van der Waals surface area contributed by atoms with Crippen molar-refractivity contribution in [3.8, 4) is 0 Å². The molecule has 1 aromatic carbocycles. The van der Waals surface area contributed by atoms with Gasteiger partial charge in [-0.05, 0) is 29.4 Å². The molecule has 1 aliphatic rings. The van der Waals surface area contributed by atoms with E-state index in [4.69, 9.17) is 0 Å². The third-order valence-corrected chi connectivity index (χ3v) is 3.91. The van der Waals surface area contributed by atoms with E-state index in [0.29, 0.717) is 5.41 Å². The molecular formula is C15H23N. The normalized spacial score (nSPS) is 19.1. The van der Waals surface area contributed by atoms with E-state index in [1.54, 1.807) is 11.1 Å². The molecule has 0 aromatic heterocycles. The third kappa shape index (κ3) is 2.46. The summed E-state index contributed by atoms with van der Waals surface area (Å²) in [5.74, 6) is 0.754. The Balaban J connectivity index is 1.78. The van der Waals surface area contributed by atoms with Crippen molar-refractivity contribution in [3.05, 3.63) is 35.4 Å². The molecule has 0 saturated heterocycles. The zero-order valence-electron chi connectivity index (χ0n) is 10.7. The highest BCUT2D eigenvalue weighted by Crippen LogP contribution is 2.34. The monoisotopic (exact) mass is 217 g/mol. The first-order valence-electron chi connectivity index (χ1n) is 6.41. The average Bonchev–Trinajstić information content (AvgIpc) is 2.25. The SMILES string of the molecule is CCC(C)(C)CNCC1Cc2ccccc21. The highest BCUT2D eigenvalue weighted by Gasteiger charge is 2.25. The lowest BCUT2D eigenvalue weighted by Crippen LogP contribution is -2.35. The van der Waals surface area contributed by atoms with Gasteiger partial charge < -0.3 is 5.32 Å². The molecule has 16 heavy (non-hydrogen) atoms. The van der Waals surface area contributed by atoms with Crippen LogP contribution in [0.1, 0.15) is 44.2 Å². The fraction of sp³-hybridized carbons (Fsp3) is 0.600. The third-order valence-electron chi connectivity index (χ3n) is 3.91. The molecule has 1 atom stereocenters. The van der Waals surface area contributed by atoms with Crippen LogP contribution in [0.2, 0.25) is 0 Å². The molecule has 1 aromatic rings. The summed E-state index contributed by atoms with van der Waals surface area (Å²) >= 11 is 0. The minimum Gasteiger partial charge on any atom is -0.316 e. The van der Waals surface area contributed by atoms with Gasteiger partial charge in [-0.3, -0.25) is 0 Å². The molecule has 0 radical (unpaired) electrons. The molecule has 0 saturated carbocycles. The highest BCUT2D eigenvalue weighted by molar-refractivity contribution is 5.40. The van der Waals surface area contributed by atoms with Crippen molar-refractivity contribution in [3.63, 3.8) is 0 Å². The quantitative estimate of drug-likeness (QED) is 0.797. The maximum Gasteiger partial charge on any atom is 0.00236 e. The second-order valence-electron chi connectivity index (χ2n) is 5.75. The lowest BCUT2D eigenvalue weighted by molar-refractivity contribution is 0.322. The van der Waals surface area contributed by atoms with Crippen LogP contribution in [0.15, 0.2) is 24.3 Å². The van der Waals surface area contributed by atoms with Gasteiger partial charge in [0.05, 0.1) is 0 Å². The Hall–Kier alpha value is -0.820. The topological polar surface area (TPSA) is 12.0 Å². The van der Waals surface area contributed by atoms with Crippen LogP contribution >= 0.6 is 0 Å². The molecule has 0 amide bonds. The van der Waals surface area contributed by atoms with Crippen LogP contribution in [0.3, 0.4) is 0 Å². The molecule has 1 heteroatoms. The van der Waals surface area contributed by atoms with Crippen LogP contribution in [-0.4, -0.2) is 13.1 Å². The molecular weight excluding hydrogens is 194 g/mol. The average molecular weight is 217 g/mol. The van der Waals surface area contributed by atoms with Gasteiger partial charge in [-0.2, -0.15) is 0 Å². The van der Waals surface area contributed by atoms with Gasteiger partial charge in [-0.15, -0.1) is 0 Å². The molecule has 0 spiro atoms. The van der Waals surface area contributed by atoms with Crippen LogP contribution in [-0.2, 0) is 6.42 Å². The number of hydrogen-bond acceptors (Lipinski definition) is 1. The molecule has 0 fully saturated rings. The van der Waals surface area contributed by atoms with Gasteiger partial charge in [0.2, 0.25) is 0 Å². The number of hydrogen-bond donors (Lipinski definition) is 1. The Kier molecular flexibility index (Phi) is 3.34. The summed E-state index contributed by atoms with van der Waals surface area (Å²) < 4.78 is 0. The summed E-state index contributed by atoms with van der Waals surface area (Å²) in [5, 5.41) is 3.62. The van der Waals surface area contributed by atoms with Crippen molar-refractivity contribution < 1.29 is 0 Å². The maximum absolute atomic E-state index is 3.62. The van der Waals surface area contributed by atoms with Gasteiger partial charge in [0, 0.05) is 19.0 Å². The van der Waals surface area contributed by atoms with Crippen molar-refractivity contribution in [1.29, 1.82) is 0 Å². The smallest absolute Gasteiger partial charge is 0.00236 e. The van der Waals surface area contributed by atoms with Gasteiger partial charge in [-0.1, -0.05) is 45.0 Å². The number of fused-ring (bicyclic) bond motifs is 1. The van der Waals surface area contributed by atoms with Crippen LogP contribution in [0.5, 0.6) is 0 Å². The molecule has 1 nitrogen and oxygen atoms in total. The fourth-order valence-electron chi connectivity index (χ4n) is 2.25. The van der Waals surface area contributed by atoms with E-state index < -0.39 is 0 Å². The van der Waals surface area contributed by atoms with Crippen LogP contribution in [0, 0.1) is 5.41 Å². The molecule has 0 bridgehead atoms. The zero-order chi connectivity index (χ0) is 11.6. The van der Waals surface area contributed by atoms with Crippen LogP contribution in [0.4, 0.5) is 0 Å². The summed E-state index contributed by atoms with van der Waals surface area (Å²) in [6.45, 7) is 9.19. The minimum absolute atomic E-state index is 0.434. The Morgan fingerprint density at radius 2 is 2.06 bits per heavy atom. The molecule has 1 unspecified atom stereocenters. The number of benzene rings is 1. The first kappa shape index (κ1) is 11.7. The van der Waals surface area contributed by atoms with E-state index in [0.717, 1.165) is 19.0 Å². The highest BCUT2D eigenvalue weighted by atomic mass is 14.9. The van der Waals surface area contributed by atoms with E-state index >= 15 is 0 Å². The predicted octanol–water partition coefficient (Wildman–Crippen LogP) is 3.35. The maximum atomic E-state index is 3.62. The van der Waals surface area contributed by atoms with Crippen molar-refractivity contribution >= 4 is 0 Å². The number of nitrogens with one attached hydrogen (secondary N) is 1. The summed E-state index contributed by atoms with van der Waals surface area (Å²) in [6, 6.07) is 8.82. The molecule has 2 rings (SSSR count). The van der Waals surface area contributed by atoms with Crippen molar-refractivity contribution in [2.45, 2.75) is 39.5 Å². The predicted molar refractivity (Wildman–Crippen MR) is 69.8 cm³/mol. The van der Waals surface area contributed by atoms with Gasteiger partial charge in [0.1, 0.15) is 0 Å². The first-order valence-corrected chi connectivity index (χ1v) is 6.41. The fourth-order valence-corrected chi connectivity index (χ4v) is 2.25. The van der Waals surface area contributed by atoms with Gasteiger partial charge >= 0.3 is 0 Å². The summed E-state index contributed by atoms with van der Waals surface area (Å²) in [7, 11) is 0. The lowest BCUT2D eigenvalue weighted by atomic mass is 9.77. The largest absolute Gasteiger partial charge is 0.316 e. The second-order valence-corrected chi connectivity index (χ2v) is 5.75. The van der Waals surface area contributed by atoms with E-state index in [1.807, 2.05) is 0 Å². The van der Waals surface area contributed by atoms with E-state index in [9.17, 15) is 0 Å². The van der Waals surface area contributed by atoms with Crippen molar-refractivity contribution in [2.24, 2.45) is 5.41 Å². The van der Waals surface area contributed by atoms with Crippen molar-refractivity contribution in [1.82, 2.24) is 5.32 Å². The van der Waals surface area contributed by atoms with E-state index in [-0.39, 0.29) is 0 Å².